The Kier molecular flexibility index (Phi) is 26.2. The monoisotopic (exact) mass is 1600 g/mol. The maximum Gasteiger partial charge on any atom is 0.498 e. The normalized spacial score (nSPS) is 14.3. The number of nitrogens with zero attached hydrogens (tertiary/aromatic N) is 5. The Balaban J connectivity index is 0.000000174. The van der Waals surface area contributed by atoms with Gasteiger partial charge in [0.15, 0.2) is 5.75 Å². The van der Waals surface area contributed by atoms with Crippen LogP contribution in [-0.2, 0) is 21.1 Å². The van der Waals surface area contributed by atoms with Gasteiger partial charge < -0.3 is 65.6 Å². The summed E-state index contributed by atoms with van der Waals surface area (Å²) in [5.74, 6) is -3.01. The van der Waals surface area contributed by atoms with Gasteiger partial charge in [0.25, 0.3) is 0 Å². The van der Waals surface area contributed by atoms with Crippen molar-refractivity contribution >= 4 is 144 Å². The first kappa shape index (κ1) is 81.5. The SMILES string of the molecule is Br.CC1=NN(c2ccc3c(c2)C(C)(C)CC3)C/C1=N\Nc1cccc(-c2ccc(C(=O)O)s2)c1O.COc1c(-c2ccc(C(=O)O)s2)cccc1[N+](=O)[O-].COc1c(B2OC(C)(C)C(C)(C)O2)cccc1[N+](=O)[O-].COc1c(N)cccc1-c1ccc(C(=O)O)s1.Nc1cccc(-c2ccc(C(=O)O)s2)c1O. The molecule has 11 N–H and O–H groups in total. The molecule has 0 saturated carbocycles. The molecule has 0 radical (unpaired) electrons. The Hall–Kier alpha value is -11.2. The largest absolute Gasteiger partial charge is 0.505 e. The number of rotatable bonds is 17. The summed E-state index contributed by atoms with van der Waals surface area (Å²) in [6.07, 6.45) is 2.28. The molecule has 0 amide bonds. The second kappa shape index (κ2) is 34.4. The number of carboxylic acids is 4. The van der Waals surface area contributed by atoms with Gasteiger partial charge in [-0.25, -0.2) is 19.2 Å². The number of phenolic OH excluding ortho intramolecular Hbond substituents is 2. The minimum Gasteiger partial charge on any atom is -0.505 e. The van der Waals surface area contributed by atoms with Crippen molar-refractivity contribution in [3.8, 4) is 70.5 Å². The van der Waals surface area contributed by atoms with Crippen LogP contribution < -0.4 is 41.6 Å². The summed E-state index contributed by atoms with van der Waals surface area (Å²) in [6.45, 7) is 14.7. The number of nitro groups is 2. The first-order valence-electron chi connectivity index (χ1n) is 32.1. The highest BCUT2D eigenvalue weighted by molar-refractivity contribution is 8.93. The Morgan fingerprint density at radius 2 is 0.991 bits per heavy atom. The van der Waals surface area contributed by atoms with Crippen LogP contribution in [0.1, 0.15) is 105 Å². The van der Waals surface area contributed by atoms with Gasteiger partial charge in [0, 0.05) is 59.4 Å². The van der Waals surface area contributed by atoms with Gasteiger partial charge in [-0.15, -0.1) is 62.3 Å². The minimum absolute atomic E-state index is 0. The Labute approximate surface area is 640 Å². The number of nitrogens with one attached hydrogen (secondary N) is 1. The number of aromatic carboxylic acids is 4. The van der Waals surface area contributed by atoms with E-state index in [0.717, 1.165) is 74.4 Å². The zero-order chi connectivity index (χ0) is 77.3. The summed E-state index contributed by atoms with van der Waals surface area (Å²) < 4.78 is 27.3. The molecule has 2 aliphatic heterocycles. The predicted molar refractivity (Wildman–Crippen MR) is 424 cm³/mol. The van der Waals surface area contributed by atoms with E-state index in [-0.39, 0.29) is 77.1 Å². The second-order valence-corrected chi connectivity index (χ2v) is 29.6. The third-order valence-corrected chi connectivity index (χ3v) is 21.9. The molecule has 558 valence electrons. The molecular formula is C74H74BBrN8O19S4. The van der Waals surface area contributed by atoms with Crippen molar-refractivity contribution < 1.29 is 83.2 Å². The van der Waals surface area contributed by atoms with Crippen LogP contribution >= 0.6 is 62.3 Å². The molecule has 0 atom stereocenters. The van der Waals surface area contributed by atoms with Crippen LogP contribution in [0, 0.1) is 20.2 Å². The number of halogens is 1. The number of para-hydroxylation sites is 5. The number of ether oxygens (including phenoxy) is 3. The Bertz CT molecular complexity index is 5050. The number of nitro benzene ring substituents is 2. The fourth-order valence-electron chi connectivity index (χ4n) is 11.2. The zero-order valence-corrected chi connectivity index (χ0v) is 64.1. The van der Waals surface area contributed by atoms with Crippen LogP contribution in [0.2, 0.25) is 0 Å². The number of carbonyl (C=O) groups is 4. The summed E-state index contributed by atoms with van der Waals surface area (Å²) in [6, 6.07) is 44.3. The van der Waals surface area contributed by atoms with Gasteiger partial charge in [-0.05, 0) is 167 Å². The quantitative estimate of drug-likeness (QED) is 0.0134. The van der Waals surface area contributed by atoms with Crippen LogP contribution in [0.3, 0.4) is 0 Å². The van der Waals surface area contributed by atoms with Gasteiger partial charge in [-0.1, -0.05) is 56.3 Å². The van der Waals surface area contributed by atoms with E-state index in [0.29, 0.717) is 65.3 Å². The molecule has 1 fully saturated rings. The van der Waals surface area contributed by atoms with Crippen LogP contribution in [-0.4, -0.2) is 122 Å². The van der Waals surface area contributed by atoms with Crippen molar-refractivity contribution in [3.63, 3.8) is 0 Å². The Morgan fingerprint density at radius 1 is 0.570 bits per heavy atom. The highest BCUT2D eigenvalue weighted by Gasteiger charge is 2.53. The van der Waals surface area contributed by atoms with Crippen molar-refractivity contribution in [1.29, 1.82) is 0 Å². The first-order valence-corrected chi connectivity index (χ1v) is 35.4. The Morgan fingerprint density at radius 3 is 1.46 bits per heavy atom. The molecule has 10 aromatic rings. The van der Waals surface area contributed by atoms with E-state index in [1.165, 1.54) is 73.1 Å². The van der Waals surface area contributed by atoms with Gasteiger partial charge >= 0.3 is 42.4 Å². The van der Waals surface area contributed by atoms with Gasteiger partial charge in [0.05, 0.1) is 77.4 Å². The number of carboxylic acid groups (broad SMARTS) is 4. The maximum atomic E-state index is 11.2. The van der Waals surface area contributed by atoms with Crippen LogP contribution in [0.4, 0.5) is 34.1 Å². The van der Waals surface area contributed by atoms with Crippen LogP contribution in [0.15, 0.2) is 168 Å². The van der Waals surface area contributed by atoms with Crippen molar-refractivity contribution in [3.05, 3.63) is 209 Å². The van der Waals surface area contributed by atoms with Crippen molar-refractivity contribution in [2.24, 2.45) is 10.2 Å². The second-order valence-electron chi connectivity index (χ2n) is 25.2. The average molecular weight is 1600 g/mol. The number of fused-ring (bicyclic) bond motifs is 1. The molecule has 1 aliphatic carbocycles. The van der Waals surface area contributed by atoms with Crippen LogP contribution in [0.25, 0.3) is 41.8 Å². The number of hydrogen-bond donors (Lipinski definition) is 9. The molecule has 4 aromatic heterocycles. The molecule has 33 heteroatoms. The number of thiophene rings is 4. The molecule has 13 rings (SSSR count). The highest BCUT2D eigenvalue weighted by atomic mass is 79.9. The topological polar surface area (TPSA) is 414 Å². The first-order chi connectivity index (χ1) is 50.2. The molecule has 107 heavy (non-hydrogen) atoms. The lowest BCUT2D eigenvalue weighted by molar-refractivity contribution is -0.385. The van der Waals surface area contributed by atoms with Gasteiger partial charge in [-0.3, -0.25) is 30.7 Å². The number of nitrogens with two attached hydrogens (primary N) is 2. The lowest BCUT2D eigenvalue weighted by Crippen LogP contribution is -2.41. The number of nitrogen functional groups attached to an aromatic ring is 2. The van der Waals surface area contributed by atoms with E-state index >= 15 is 0 Å². The summed E-state index contributed by atoms with van der Waals surface area (Å²) >= 11 is 4.46. The zero-order valence-electron chi connectivity index (χ0n) is 59.1. The van der Waals surface area contributed by atoms with Gasteiger partial charge in [0.1, 0.15) is 42.5 Å². The highest BCUT2D eigenvalue weighted by Crippen LogP contribution is 2.45. The fraction of sp³-hybridized carbons (Fsp3) is 0.216. The van der Waals surface area contributed by atoms with E-state index in [1.54, 1.807) is 98.1 Å². The maximum absolute atomic E-state index is 11.2. The molecule has 0 bridgehead atoms. The van der Waals surface area contributed by atoms with E-state index in [9.17, 15) is 54.7 Å². The van der Waals surface area contributed by atoms with Gasteiger partial charge in [-0.2, -0.15) is 10.2 Å². The van der Waals surface area contributed by atoms with E-state index < -0.39 is 52.0 Å². The molecule has 6 heterocycles. The average Bonchev–Trinajstić information content (AvgIpc) is 1.62. The fourth-order valence-corrected chi connectivity index (χ4v) is 14.7. The molecular weight excluding hydrogens is 1520 g/mol. The summed E-state index contributed by atoms with van der Waals surface area (Å²) in [4.78, 5) is 68.2. The minimum atomic E-state index is -1.03. The standard InChI is InChI=1S/C26H26N4O3S.C13H18BNO5.C12H9NO5S.C12H11NO3S.C11H9NO3S.BrH/c1-15-21(14-30(29-15)17-8-7-16-11-12-26(2,3)19(16)13-17)28-27-20-6-4-5-18(24(20)31)22-9-10-23(34-22)25(32)33;1-12(2)13(3,4)20-14(19-12)9-7-6-8-10(15(16)17)11(9)18-5;1-18-11-7(3-2-4-8(11)13(16)17)9-5-6-10(19-9)12(14)15;1-16-11-7(3-2-4-8(11)13)9-5-6-10(17-9)12(14)15;12-7-3-1-2-6(10(7)13)8-4-5-9(16-8)11(14)15;/h4-10,13,27,31H,11-12,14H2,1-3H3,(H,32,33);6-8H,1-5H3;2-6H,1H3,(H,14,15);2-6H,13H2,1H3,(H,14,15);1-5,13H,12H2,(H,14,15);1H/b28-21+;;;;;. The lowest BCUT2D eigenvalue weighted by Gasteiger charge is -2.32. The summed E-state index contributed by atoms with van der Waals surface area (Å²) in [7, 11) is 3.60. The number of hydrazone groups is 2. The third kappa shape index (κ3) is 18.5. The summed E-state index contributed by atoms with van der Waals surface area (Å²) in [5.41, 5.74) is 22.9. The molecule has 3 aliphatic rings. The number of methoxy groups -OCH3 is 3. The van der Waals surface area contributed by atoms with E-state index in [1.807, 2.05) is 51.8 Å². The number of hydrogen-bond acceptors (Lipinski definition) is 25. The number of aromatic hydroxyl groups is 2. The van der Waals surface area contributed by atoms with Gasteiger partial charge in [0.2, 0.25) is 5.75 Å². The number of anilines is 4. The van der Waals surface area contributed by atoms with E-state index in [2.05, 4.69) is 42.6 Å². The molecule has 27 nitrogen and oxygen atoms in total. The lowest BCUT2D eigenvalue weighted by atomic mass is 9.78. The molecule has 0 spiro atoms. The molecule has 6 aromatic carbocycles. The van der Waals surface area contributed by atoms with Crippen molar-refractivity contribution in [2.45, 2.75) is 77.9 Å². The van der Waals surface area contributed by atoms with Crippen molar-refractivity contribution in [2.75, 3.05) is 49.8 Å². The van der Waals surface area contributed by atoms with Crippen molar-refractivity contribution in [1.82, 2.24) is 0 Å². The number of phenols is 2. The van der Waals surface area contributed by atoms with Crippen LogP contribution in [0.5, 0.6) is 28.7 Å². The summed E-state index contributed by atoms with van der Waals surface area (Å²) in [5, 5.41) is 89.4. The number of benzene rings is 6. The molecule has 0 unspecified atom stereocenters. The smallest absolute Gasteiger partial charge is 0.498 e. The third-order valence-electron chi connectivity index (χ3n) is 17.4. The van der Waals surface area contributed by atoms with E-state index in [4.69, 9.17) is 55.4 Å². The number of aryl methyl sites for hydroxylation is 1. The molecule has 1 saturated heterocycles. The predicted octanol–water partition coefficient (Wildman–Crippen LogP) is 16.3.